The van der Waals surface area contributed by atoms with E-state index in [-0.39, 0.29) is 18.2 Å². The van der Waals surface area contributed by atoms with Crippen LogP contribution in [0.1, 0.15) is 65.7 Å². The summed E-state index contributed by atoms with van der Waals surface area (Å²) in [7, 11) is 0. The van der Waals surface area contributed by atoms with Gasteiger partial charge in [0.25, 0.3) is 5.91 Å². The van der Waals surface area contributed by atoms with E-state index in [1.807, 2.05) is 0 Å². The van der Waals surface area contributed by atoms with E-state index in [1.165, 1.54) is 6.42 Å². The molecule has 0 radical (unpaired) electrons. The molecule has 3 amide bonds. The number of carbonyl (C=O) groups excluding carboxylic acids is 3. The first-order valence-corrected chi connectivity index (χ1v) is 7.94. The fraction of sp³-hybridized carbons (Fsp3) is 0.812. The van der Waals surface area contributed by atoms with Gasteiger partial charge in [0.1, 0.15) is 5.54 Å². The van der Waals surface area contributed by atoms with Gasteiger partial charge in [0.05, 0.1) is 6.54 Å². The van der Waals surface area contributed by atoms with Crippen LogP contribution in [-0.2, 0) is 9.59 Å². The maximum absolute atomic E-state index is 12.7. The molecule has 2 aliphatic rings. The van der Waals surface area contributed by atoms with Crippen LogP contribution in [0, 0.1) is 5.41 Å². The van der Waals surface area contributed by atoms with Crippen molar-refractivity contribution in [2.75, 3.05) is 6.54 Å². The largest absolute Gasteiger partial charge is 0.325 e. The molecule has 0 atom stereocenters. The van der Waals surface area contributed by atoms with Crippen LogP contribution in [0.2, 0.25) is 0 Å². The highest BCUT2D eigenvalue weighted by atomic mass is 16.2. The second-order valence-corrected chi connectivity index (χ2v) is 7.34. The minimum absolute atomic E-state index is 0.0890. The maximum Gasteiger partial charge on any atom is 0.325 e. The molecule has 0 aromatic rings. The molecule has 1 N–H and O–H groups in total. The Bertz CT molecular complexity index is 443. The van der Waals surface area contributed by atoms with Crippen LogP contribution in [0.15, 0.2) is 0 Å². The van der Waals surface area contributed by atoms with E-state index in [1.54, 1.807) is 20.8 Å². The van der Waals surface area contributed by atoms with Gasteiger partial charge in [0.15, 0.2) is 5.78 Å². The van der Waals surface area contributed by atoms with Gasteiger partial charge in [-0.1, -0.05) is 52.9 Å². The second kappa shape index (κ2) is 5.78. The fourth-order valence-corrected chi connectivity index (χ4v) is 3.05. The topological polar surface area (TPSA) is 66.5 Å². The molecular formula is C16H26N2O3. The number of nitrogens with zero attached hydrogens (tertiary/aromatic N) is 1. The molecule has 1 aliphatic carbocycles. The Kier molecular flexibility index (Phi) is 4.40. The number of hydrogen-bond acceptors (Lipinski definition) is 3. The predicted molar refractivity (Wildman–Crippen MR) is 79.8 cm³/mol. The van der Waals surface area contributed by atoms with Gasteiger partial charge in [-0.2, -0.15) is 0 Å². The first-order valence-electron chi connectivity index (χ1n) is 7.94. The van der Waals surface area contributed by atoms with Crippen molar-refractivity contribution in [1.29, 1.82) is 0 Å². The van der Waals surface area contributed by atoms with Crippen LogP contribution in [0.25, 0.3) is 0 Å². The smallest absolute Gasteiger partial charge is 0.323 e. The average Bonchev–Trinajstić information content (AvgIpc) is 2.58. The van der Waals surface area contributed by atoms with Crippen molar-refractivity contribution in [3.8, 4) is 0 Å². The monoisotopic (exact) mass is 294 g/mol. The molecule has 0 aromatic heterocycles. The Morgan fingerprint density at radius 2 is 1.62 bits per heavy atom. The van der Waals surface area contributed by atoms with Gasteiger partial charge < -0.3 is 5.32 Å². The van der Waals surface area contributed by atoms with E-state index in [4.69, 9.17) is 0 Å². The third kappa shape index (κ3) is 3.27. The zero-order chi connectivity index (χ0) is 15.7. The summed E-state index contributed by atoms with van der Waals surface area (Å²) in [5.41, 5.74) is -1.30. The molecule has 1 heterocycles. The number of imide groups is 1. The lowest BCUT2D eigenvalue weighted by molar-refractivity contribution is -0.137. The number of hydrogen-bond donors (Lipinski definition) is 1. The standard InChI is InChI=1S/C16H26N2O3/c1-15(2,3)12(19)11-18-13(20)16(17-14(18)21)9-7-5-4-6-8-10-16/h4-11H2,1-3H3,(H,17,21). The molecule has 0 bridgehead atoms. The third-order valence-electron chi connectivity index (χ3n) is 4.59. The van der Waals surface area contributed by atoms with Crippen molar-refractivity contribution in [3.63, 3.8) is 0 Å². The lowest BCUT2D eigenvalue weighted by Crippen LogP contribution is -2.48. The highest BCUT2D eigenvalue weighted by Crippen LogP contribution is 2.32. The molecule has 1 spiro atoms. The van der Waals surface area contributed by atoms with Gasteiger partial charge in [-0.15, -0.1) is 0 Å². The number of carbonyl (C=O) groups is 3. The van der Waals surface area contributed by atoms with Crippen molar-refractivity contribution >= 4 is 17.7 Å². The number of urea groups is 1. The number of nitrogens with one attached hydrogen (secondary N) is 1. The molecule has 5 nitrogen and oxygen atoms in total. The van der Waals surface area contributed by atoms with Gasteiger partial charge in [-0.25, -0.2) is 4.79 Å². The minimum atomic E-state index is -0.754. The van der Waals surface area contributed by atoms with Crippen molar-refractivity contribution in [3.05, 3.63) is 0 Å². The van der Waals surface area contributed by atoms with Crippen LogP contribution in [-0.4, -0.2) is 34.7 Å². The zero-order valence-electron chi connectivity index (χ0n) is 13.3. The summed E-state index contributed by atoms with van der Waals surface area (Å²) in [6.45, 7) is 5.30. The number of rotatable bonds is 2. The summed E-state index contributed by atoms with van der Waals surface area (Å²) in [6, 6.07) is -0.404. The first kappa shape index (κ1) is 16.0. The van der Waals surface area contributed by atoms with E-state index in [0.29, 0.717) is 12.8 Å². The molecule has 1 aliphatic heterocycles. The summed E-state index contributed by atoms with van der Waals surface area (Å²) >= 11 is 0. The van der Waals surface area contributed by atoms with E-state index in [2.05, 4.69) is 5.32 Å². The molecule has 0 unspecified atom stereocenters. The molecule has 1 saturated heterocycles. The van der Waals surface area contributed by atoms with E-state index >= 15 is 0 Å². The van der Waals surface area contributed by atoms with Gasteiger partial charge in [0, 0.05) is 5.41 Å². The maximum atomic E-state index is 12.7. The molecule has 5 heteroatoms. The number of ketones is 1. The second-order valence-electron chi connectivity index (χ2n) is 7.34. The summed E-state index contributed by atoms with van der Waals surface area (Å²) in [5.74, 6) is -0.291. The summed E-state index contributed by atoms with van der Waals surface area (Å²) in [6.07, 6.45) is 6.69. The Hall–Kier alpha value is -1.39. The van der Waals surface area contributed by atoms with E-state index in [0.717, 1.165) is 30.6 Å². The van der Waals surface area contributed by atoms with Gasteiger partial charge in [-0.3, -0.25) is 14.5 Å². The minimum Gasteiger partial charge on any atom is -0.323 e. The van der Waals surface area contributed by atoms with Crippen molar-refractivity contribution in [2.24, 2.45) is 5.41 Å². The number of amides is 3. The SMILES string of the molecule is CC(C)(C)C(=O)CN1C(=O)NC2(CCCCCCC2)C1=O. The Labute approximate surface area is 126 Å². The molecular weight excluding hydrogens is 268 g/mol. The normalized spacial score (nSPS) is 22.9. The van der Waals surface area contributed by atoms with Crippen LogP contribution < -0.4 is 5.32 Å². The highest BCUT2D eigenvalue weighted by molar-refractivity contribution is 6.09. The zero-order valence-corrected chi connectivity index (χ0v) is 13.3. The third-order valence-corrected chi connectivity index (χ3v) is 4.59. The molecule has 2 rings (SSSR count). The van der Waals surface area contributed by atoms with Crippen molar-refractivity contribution < 1.29 is 14.4 Å². The van der Waals surface area contributed by atoms with Crippen LogP contribution in [0.4, 0.5) is 4.79 Å². The molecule has 2 fully saturated rings. The quantitative estimate of drug-likeness (QED) is 0.796. The Morgan fingerprint density at radius 3 is 2.14 bits per heavy atom. The predicted octanol–water partition coefficient (Wildman–Crippen LogP) is 2.64. The molecule has 0 aromatic carbocycles. The lowest BCUT2D eigenvalue weighted by Gasteiger charge is -2.28. The summed E-state index contributed by atoms with van der Waals surface area (Å²) in [4.78, 5) is 38.1. The highest BCUT2D eigenvalue weighted by Gasteiger charge is 2.51. The fourth-order valence-electron chi connectivity index (χ4n) is 3.05. The summed E-state index contributed by atoms with van der Waals surface area (Å²) < 4.78 is 0. The molecule has 1 saturated carbocycles. The van der Waals surface area contributed by atoms with Crippen LogP contribution >= 0.6 is 0 Å². The Morgan fingerprint density at radius 1 is 1.10 bits per heavy atom. The van der Waals surface area contributed by atoms with Crippen molar-refractivity contribution in [2.45, 2.75) is 71.3 Å². The number of Topliss-reactive ketones (excluding diaryl/α,β-unsaturated/α-hetero) is 1. The van der Waals surface area contributed by atoms with E-state index in [9.17, 15) is 14.4 Å². The van der Waals surface area contributed by atoms with Gasteiger partial charge in [0.2, 0.25) is 0 Å². The van der Waals surface area contributed by atoms with Gasteiger partial charge >= 0.3 is 6.03 Å². The summed E-state index contributed by atoms with van der Waals surface area (Å²) in [5, 5.41) is 2.88. The van der Waals surface area contributed by atoms with Gasteiger partial charge in [-0.05, 0) is 12.8 Å². The van der Waals surface area contributed by atoms with Crippen LogP contribution in [0.5, 0.6) is 0 Å². The van der Waals surface area contributed by atoms with Crippen molar-refractivity contribution in [1.82, 2.24) is 10.2 Å². The van der Waals surface area contributed by atoms with Crippen LogP contribution in [0.3, 0.4) is 0 Å². The average molecular weight is 294 g/mol. The first-order chi connectivity index (χ1) is 9.76. The molecule has 21 heavy (non-hydrogen) atoms. The lowest BCUT2D eigenvalue weighted by atomic mass is 9.83. The Balaban J connectivity index is 2.13. The molecule has 118 valence electrons. The van der Waals surface area contributed by atoms with E-state index < -0.39 is 17.0 Å².